The zero-order valence-corrected chi connectivity index (χ0v) is 10.9. The van der Waals surface area contributed by atoms with Crippen LogP contribution in [0, 0.1) is 5.92 Å². The summed E-state index contributed by atoms with van der Waals surface area (Å²) in [6.07, 6.45) is 9.31. The highest BCUT2D eigenvalue weighted by Gasteiger charge is 2.14. The summed E-state index contributed by atoms with van der Waals surface area (Å²) in [4.78, 5) is 0. The molecular formula is C16H22N2. The summed E-state index contributed by atoms with van der Waals surface area (Å²) in [6, 6.07) is 8.81. The predicted octanol–water partition coefficient (Wildman–Crippen LogP) is 3.68. The standard InChI is InChI=1S/C16H22N2/c17-11-14-6-7-16-15(10-14)8-9-18(16)12-13-4-2-1-3-5-13/h6-10,13H,1-5,11-12,17H2. The van der Waals surface area contributed by atoms with Gasteiger partial charge in [-0.1, -0.05) is 25.3 Å². The Kier molecular flexibility index (Phi) is 3.37. The molecule has 18 heavy (non-hydrogen) atoms. The molecule has 3 rings (SSSR count). The second-order valence-corrected chi connectivity index (χ2v) is 5.57. The quantitative estimate of drug-likeness (QED) is 0.874. The summed E-state index contributed by atoms with van der Waals surface area (Å²) in [6.45, 7) is 1.81. The number of nitrogens with zero attached hydrogens (tertiary/aromatic N) is 1. The number of aromatic nitrogens is 1. The monoisotopic (exact) mass is 242 g/mol. The molecule has 1 aliphatic rings. The molecule has 0 amide bonds. The van der Waals surface area contributed by atoms with Crippen LogP contribution in [0.2, 0.25) is 0 Å². The van der Waals surface area contributed by atoms with E-state index in [0.717, 1.165) is 5.92 Å². The minimum atomic E-state index is 0.629. The number of fused-ring (bicyclic) bond motifs is 1. The van der Waals surface area contributed by atoms with E-state index in [1.165, 1.54) is 55.1 Å². The van der Waals surface area contributed by atoms with Gasteiger partial charge in [0, 0.05) is 24.8 Å². The average molecular weight is 242 g/mol. The van der Waals surface area contributed by atoms with Gasteiger partial charge < -0.3 is 10.3 Å². The van der Waals surface area contributed by atoms with Crippen molar-refractivity contribution in [3.63, 3.8) is 0 Å². The fourth-order valence-corrected chi connectivity index (χ4v) is 3.18. The summed E-state index contributed by atoms with van der Waals surface area (Å²) in [5.74, 6) is 0.878. The molecule has 1 heterocycles. The number of nitrogens with two attached hydrogens (primary N) is 1. The first-order chi connectivity index (χ1) is 8.86. The average Bonchev–Trinajstić information content (AvgIpc) is 2.82. The van der Waals surface area contributed by atoms with Gasteiger partial charge in [0.25, 0.3) is 0 Å². The maximum Gasteiger partial charge on any atom is 0.0480 e. The van der Waals surface area contributed by atoms with Crippen molar-refractivity contribution >= 4 is 10.9 Å². The smallest absolute Gasteiger partial charge is 0.0480 e. The third-order valence-electron chi connectivity index (χ3n) is 4.25. The van der Waals surface area contributed by atoms with Gasteiger partial charge in [-0.2, -0.15) is 0 Å². The molecule has 0 saturated heterocycles. The number of benzene rings is 1. The van der Waals surface area contributed by atoms with Crippen LogP contribution in [0.5, 0.6) is 0 Å². The van der Waals surface area contributed by atoms with Gasteiger partial charge in [0.1, 0.15) is 0 Å². The Hall–Kier alpha value is -1.28. The van der Waals surface area contributed by atoms with E-state index in [1.54, 1.807) is 0 Å². The lowest BCUT2D eigenvalue weighted by Gasteiger charge is -2.22. The van der Waals surface area contributed by atoms with Crippen LogP contribution in [0.3, 0.4) is 0 Å². The topological polar surface area (TPSA) is 30.9 Å². The number of rotatable bonds is 3. The SMILES string of the molecule is NCc1ccc2c(ccn2CC2CCCCC2)c1. The molecule has 1 fully saturated rings. The largest absolute Gasteiger partial charge is 0.347 e. The number of hydrogen-bond donors (Lipinski definition) is 1. The van der Waals surface area contributed by atoms with E-state index in [2.05, 4.69) is 35.0 Å². The van der Waals surface area contributed by atoms with E-state index in [9.17, 15) is 0 Å². The predicted molar refractivity (Wildman–Crippen MR) is 76.4 cm³/mol. The molecule has 1 saturated carbocycles. The fourth-order valence-electron chi connectivity index (χ4n) is 3.18. The van der Waals surface area contributed by atoms with E-state index in [1.807, 2.05) is 0 Å². The highest BCUT2D eigenvalue weighted by atomic mass is 15.0. The van der Waals surface area contributed by atoms with Crippen molar-refractivity contribution in [2.45, 2.75) is 45.2 Å². The van der Waals surface area contributed by atoms with E-state index in [-0.39, 0.29) is 0 Å². The molecule has 0 bridgehead atoms. The third-order valence-corrected chi connectivity index (χ3v) is 4.25. The molecule has 1 aliphatic carbocycles. The van der Waals surface area contributed by atoms with Crippen molar-refractivity contribution in [1.29, 1.82) is 0 Å². The lowest BCUT2D eigenvalue weighted by atomic mass is 9.89. The Balaban J connectivity index is 1.83. The van der Waals surface area contributed by atoms with Crippen molar-refractivity contribution in [1.82, 2.24) is 4.57 Å². The fraction of sp³-hybridized carbons (Fsp3) is 0.500. The number of hydrogen-bond acceptors (Lipinski definition) is 1. The highest BCUT2D eigenvalue weighted by Crippen LogP contribution is 2.27. The van der Waals surface area contributed by atoms with Crippen LogP contribution >= 0.6 is 0 Å². The van der Waals surface area contributed by atoms with Gasteiger partial charge in [-0.25, -0.2) is 0 Å². The molecule has 0 spiro atoms. The van der Waals surface area contributed by atoms with Crippen LogP contribution in [-0.4, -0.2) is 4.57 Å². The second kappa shape index (κ2) is 5.15. The molecule has 0 atom stereocenters. The summed E-state index contributed by atoms with van der Waals surface area (Å²) >= 11 is 0. The molecule has 2 N–H and O–H groups in total. The van der Waals surface area contributed by atoms with Crippen LogP contribution in [0.25, 0.3) is 10.9 Å². The first kappa shape index (κ1) is 11.8. The molecule has 2 nitrogen and oxygen atoms in total. The molecule has 0 radical (unpaired) electrons. The summed E-state index contributed by atoms with van der Waals surface area (Å²) in [5.41, 5.74) is 8.27. The van der Waals surface area contributed by atoms with Gasteiger partial charge >= 0.3 is 0 Å². The van der Waals surface area contributed by atoms with E-state index in [4.69, 9.17) is 5.73 Å². The molecular weight excluding hydrogens is 220 g/mol. The van der Waals surface area contributed by atoms with E-state index in [0.29, 0.717) is 6.54 Å². The van der Waals surface area contributed by atoms with Crippen LogP contribution < -0.4 is 5.73 Å². The Morgan fingerprint density at radius 3 is 2.72 bits per heavy atom. The zero-order valence-electron chi connectivity index (χ0n) is 10.9. The van der Waals surface area contributed by atoms with Crippen molar-refractivity contribution in [3.8, 4) is 0 Å². The van der Waals surface area contributed by atoms with Crippen LogP contribution in [0.15, 0.2) is 30.5 Å². The van der Waals surface area contributed by atoms with Crippen LogP contribution in [0.4, 0.5) is 0 Å². The minimum absolute atomic E-state index is 0.629. The zero-order chi connectivity index (χ0) is 12.4. The van der Waals surface area contributed by atoms with Crippen molar-refractivity contribution in [2.24, 2.45) is 11.7 Å². The first-order valence-corrected chi connectivity index (χ1v) is 7.14. The highest BCUT2D eigenvalue weighted by molar-refractivity contribution is 5.80. The van der Waals surface area contributed by atoms with Gasteiger partial charge in [0.05, 0.1) is 0 Å². The summed E-state index contributed by atoms with van der Waals surface area (Å²) < 4.78 is 2.42. The van der Waals surface area contributed by atoms with Gasteiger partial charge in [-0.05, 0) is 47.9 Å². The van der Waals surface area contributed by atoms with Crippen molar-refractivity contribution in [2.75, 3.05) is 0 Å². The molecule has 1 aromatic carbocycles. The molecule has 0 unspecified atom stereocenters. The summed E-state index contributed by atoms with van der Waals surface area (Å²) in [5, 5.41) is 1.33. The van der Waals surface area contributed by atoms with E-state index >= 15 is 0 Å². The van der Waals surface area contributed by atoms with Gasteiger partial charge in [-0.3, -0.25) is 0 Å². The Morgan fingerprint density at radius 1 is 1.11 bits per heavy atom. The lowest BCUT2D eigenvalue weighted by Crippen LogP contribution is -2.13. The Bertz CT molecular complexity index is 521. The lowest BCUT2D eigenvalue weighted by molar-refractivity contribution is 0.322. The van der Waals surface area contributed by atoms with Crippen LogP contribution in [-0.2, 0) is 13.1 Å². The maximum atomic E-state index is 5.69. The van der Waals surface area contributed by atoms with Gasteiger partial charge in [0.2, 0.25) is 0 Å². The molecule has 96 valence electrons. The van der Waals surface area contributed by atoms with E-state index < -0.39 is 0 Å². The van der Waals surface area contributed by atoms with Gasteiger partial charge in [-0.15, -0.1) is 0 Å². The molecule has 2 heteroatoms. The van der Waals surface area contributed by atoms with Crippen LogP contribution in [0.1, 0.15) is 37.7 Å². The van der Waals surface area contributed by atoms with Gasteiger partial charge in [0.15, 0.2) is 0 Å². The Labute approximate surface area is 109 Å². The normalized spacial score (nSPS) is 17.4. The Morgan fingerprint density at radius 2 is 1.94 bits per heavy atom. The molecule has 2 aromatic rings. The maximum absolute atomic E-state index is 5.69. The van der Waals surface area contributed by atoms with Crippen molar-refractivity contribution in [3.05, 3.63) is 36.0 Å². The van der Waals surface area contributed by atoms with Crippen molar-refractivity contribution < 1.29 is 0 Å². The molecule has 0 aliphatic heterocycles. The second-order valence-electron chi connectivity index (χ2n) is 5.57. The third kappa shape index (κ3) is 2.30. The summed E-state index contributed by atoms with van der Waals surface area (Å²) in [7, 11) is 0. The molecule has 1 aromatic heterocycles. The minimum Gasteiger partial charge on any atom is -0.347 e. The first-order valence-electron chi connectivity index (χ1n) is 7.14.